The van der Waals surface area contributed by atoms with Crippen molar-refractivity contribution in [1.82, 2.24) is 5.32 Å². The van der Waals surface area contributed by atoms with Crippen LogP contribution in [-0.2, 0) is 0 Å². The fraction of sp³-hybridized carbons (Fsp3) is 0.0667. The lowest BCUT2D eigenvalue weighted by Gasteiger charge is -2.18. The number of nitrogens with two attached hydrogens (primary N) is 1. The number of thiocarbonyl (C=S) groups is 1. The molecule has 0 heterocycles. The van der Waals surface area contributed by atoms with Crippen LogP contribution in [-0.4, -0.2) is 10.9 Å². The molecular formula is C15H12BrClN2OS. The molecule has 21 heavy (non-hydrogen) atoms. The van der Waals surface area contributed by atoms with E-state index in [4.69, 9.17) is 29.6 Å². The third kappa shape index (κ3) is 4.03. The second-order valence-electron chi connectivity index (χ2n) is 4.34. The van der Waals surface area contributed by atoms with Crippen molar-refractivity contribution in [3.05, 3.63) is 69.2 Å². The molecule has 0 aliphatic rings. The highest BCUT2D eigenvalue weighted by atomic mass is 79.9. The summed E-state index contributed by atoms with van der Waals surface area (Å²) >= 11 is 14.2. The molecule has 0 aliphatic carbocycles. The molecule has 1 atom stereocenters. The first-order chi connectivity index (χ1) is 9.99. The zero-order valence-electron chi connectivity index (χ0n) is 10.8. The average molecular weight is 384 g/mol. The van der Waals surface area contributed by atoms with Crippen LogP contribution in [0.2, 0.25) is 5.02 Å². The molecule has 0 fully saturated rings. The van der Waals surface area contributed by atoms with E-state index in [9.17, 15) is 4.79 Å². The lowest BCUT2D eigenvalue weighted by molar-refractivity contribution is 0.0946. The van der Waals surface area contributed by atoms with Crippen molar-refractivity contribution in [2.45, 2.75) is 6.04 Å². The van der Waals surface area contributed by atoms with Gasteiger partial charge in [0.25, 0.3) is 5.91 Å². The van der Waals surface area contributed by atoms with E-state index < -0.39 is 6.04 Å². The first-order valence-electron chi connectivity index (χ1n) is 6.09. The molecule has 3 nitrogen and oxygen atoms in total. The third-order valence-corrected chi connectivity index (χ3v) is 4.00. The van der Waals surface area contributed by atoms with Gasteiger partial charge in [-0.2, -0.15) is 0 Å². The monoisotopic (exact) mass is 382 g/mol. The number of nitrogens with one attached hydrogen (secondary N) is 1. The summed E-state index contributed by atoms with van der Waals surface area (Å²) in [6.45, 7) is 0. The number of carbonyl (C=O) groups is 1. The van der Waals surface area contributed by atoms with E-state index in [1.54, 1.807) is 18.2 Å². The molecule has 6 heteroatoms. The van der Waals surface area contributed by atoms with Gasteiger partial charge >= 0.3 is 0 Å². The standard InChI is InChI=1S/C15H12BrClN2OS/c16-12-8-10(17)6-7-11(12)15(20)19-13(14(18)21)9-4-2-1-3-5-9/h1-8,13H,(H2,18,21)(H,19,20). The SMILES string of the molecule is NC(=S)C(NC(=O)c1ccc(Cl)cc1Br)c1ccccc1. The Morgan fingerprint density at radius 3 is 2.48 bits per heavy atom. The van der Waals surface area contributed by atoms with Crippen molar-refractivity contribution < 1.29 is 4.79 Å². The Kier molecular flexibility index (Phi) is 5.33. The van der Waals surface area contributed by atoms with Crippen molar-refractivity contribution in [3.63, 3.8) is 0 Å². The van der Waals surface area contributed by atoms with Crippen LogP contribution in [0.1, 0.15) is 22.0 Å². The summed E-state index contributed by atoms with van der Waals surface area (Å²) in [6, 6.07) is 13.8. The maximum Gasteiger partial charge on any atom is 0.253 e. The third-order valence-electron chi connectivity index (χ3n) is 2.87. The minimum atomic E-state index is -0.517. The first-order valence-corrected chi connectivity index (χ1v) is 7.67. The van der Waals surface area contributed by atoms with Gasteiger partial charge in [-0.25, -0.2) is 0 Å². The first kappa shape index (κ1) is 15.9. The van der Waals surface area contributed by atoms with Crippen LogP contribution in [0.3, 0.4) is 0 Å². The number of rotatable bonds is 4. The molecule has 0 saturated heterocycles. The Balaban J connectivity index is 2.25. The van der Waals surface area contributed by atoms with Gasteiger partial charge in [-0.3, -0.25) is 4.79 Å². The molecule has 2 aromatic rings. The molecule has 0 spiro atoms. The fourth-order valence-corrected chi connectivity index (χ4v) is 2.90. The molecule has 1 amide bonds. The van der Waals surface area contributed by atoms with Crippen LogP contribution in [0.25, 0.3) is 0 Å². The van der Waals surface area contributed by atoms with Crippen molar-refractivity contribution in [1.29, 1.82) is 0 Å². The molecule has 1 unspecified atom stereocenters. The number of hydrogen-bond acceptors (Lipinski definition) is 2. The van der Waals surface area contributed by atoms with Crippen LogP contribution in [0.4, 0.5) is 0 Å². The Bertz CT molecular complexity index is 679. The van der Waals surface area contributed by atoms with Gasteiger partial charge in [0.1, 0.15) is 11.0 Å². The van der Waals surface area contributed by atoms with Gasteiger partial charge in [0, 0.05) is 9.50 Å². The fourth-order valence-electron chi connectivity index (χ4n) is 1.85. The van der Waals surface area contributed by atoms with Gasteiger partial charge < -0.3 is 11.1 Å². The van der Waals surface area contributed by atoms with E-state index in [1.165, 1.54) is 0 Å². The predicted molar refractivity (Wildman–Crippen MR) is 92.6 cm³/mol. The average Bonchev–Trinajstić information content (AvgIpc) is 2.45. The molecule has 0 bridgehead atoms. The number of hydrogen-bond donors (Lipinski definition) is 2. The van der Waals surface area contributed by atoms with Gasteiger partial charge in [0.05, 0.1) is 5.56 Å². The second-order valence-corrected chi connectivity index (χ2v) is 6.11. The minimum absolute atomic E-state index is 0.208. The summed E-state index contributed by atoms with van der Waals surface area (Å²) in [4.78, 5) is 12.6. The van der Waals surface area contributed by atoms with Gasteiger partial charge in [-0.05, 0) is 39.7 Å². The molecule has 0 radical (unpaired) electrons. The predicted octanol–water partition coefficient (Wildman–Crippen LogP) is 3.86. The van der Waals surface area contributed by atoms with E-state index >= 15 is 0 Å². The Labute approximate surface area is 141 Å². The maximum absolute atomic E-state index is 12.4. The molecule has 0 aliphatic heterocycles. The quantitative estimate of drug-likeness (QED) is 0.788. The van der Waals surface area contributed by atoms with Gasteiger partial charge in [-0.1, -0.05) is 54.2 Å². The number of halogens is 2. The maximum atomic E-state index is 12.4. The largest absolute Gasteiger partial charge is 0.391 e. The van der Waals surface area contributed by atoms with Gasteiger partial charge in [0.2, 0.25) is 0 Å². The topological polar surface area (TPSA) is 55.1 Å². The van der Waals surface area contributed by atoms with E-state index in [2.05, 4.69) is 21.2 Å². The molecule has 108 valence electrons. The normalized spacial score (nSPS) is 11.7. The highest BCUT2D eigenvalue weighted by Gasteiger charge is 2.19. The molecule has 0 saturated carbocycles. The lowest BCUT2D eigenvalue weighted by Crippen LogP contribution is -2.36. The smallest absolute Gasteiger partial charge is 0.253 e. The van der Waals surface area contributed by atoms with Gasteiger partial charge in [0.15, 0.2) is 0 Å². The van der Waals surface area contributed by atoms with E-state index in [0.29, 0.717) is 15.1 Å². The van der Waals surface area contributed by atoms with Crippen molar-refractivity contribution in [2.75, 3.05) is 0 Å². The number of benzene rings is 2. The molecule has 3 N–H and O–H groups in total. The van der Waals surface area contributed by atoms with Crippen LogP contribution in [0, 0.1) is 0 Å². The summed E-state index contributed by atoms with van der Waals surface area (Å²) in [5, 5.41) is 3.38. The summed E-state index contributed by atoms with van der Waals surface area (Å²) in [5.41, 5.74) is 7.05. The summed E-state index contributed by atoms with van der Waals surface area (Å²) < 4.78 is 0.613. The Morgan fingerprint density at radius 2 is 1.90 bits per heavy atom. The van der Waals surface area contributed by atoms with E-state index in [1.807, 2.05) is 30.3 Å². The van der Waals surface area contributed by atoms with E-state index in [-0.39, 0.29) is 10.9 Å². The minimum Gasteiger partial charge on any atom is -0.391 e. The summed E-state index contributed by atoms with van der Waals surface area (Å²) in [5.74, 6) is -0.278. The highest BCUT2D eigenvalue weighted by molar-refractivity contribution is 9.10. The zero-order valence-corrected chi connectivity index (χ0v) is 14.0. The van der Waals surface area contributed by atoms with Crippen LogP contribution < -0.4 is 11.1 Å². The molecular weight excluding hydrogens is 372 g/mol. The van der Waals surface area contributed by atoms with Crippen molar-refractivity contribution >= 4 is 50.6 Å². The van der Waals surface area contributed by atoms with E-state index in [0.717, 1.165) is 5.56 Å². The summed E-state index contributed by atoms with van der Waals surface area (Å²) in [7, 11) is 0. The zero-order chi connectivity index (χ0) is 15.4. The number of amides is 1. The lowest BCUT2D eigenvalue weighted by atomic mass is 10.1. The van der Waals surface area contributed by atoms with Crippen LogP contribution in [0.5, 0.6) is 0 Å². The molecule has 2 aromatic carbocycles. The molecule has 0 aromatic heterocycles. The molecule has 2 rings (SSSR count). The second kappa shape index (κ2) is 7.02. The van der Waals surface area contributed by atoms with Crippen molar-refractivity contribution in [2.24, 2.45) is 5.73 Å². The van der Waals surface area contributed by atoms with Crippen LogP contribution >= 0.6 is 39.7 Å². The van der Waals surface area contributed by atoms with Gasteiger partial charge in [-0.15, -0.1) is 0 Å². The Morgan fingerprint density at radius 1 is 1.24 bits per heavy atom. The van der Waals surface area contributed by atoms with Crippen LogP contribution in [0.15, 0.2) is 53.0 Å². The summed E-state index contributed by atoms with van der Waals surface area (Å²) in [6.07, 6.45) is 0. The highest BCUT2D eigenvalue weighted by Crippen LogP contribution is 2.22. The van der Waals surface area contributed by atoms with Crippen molar-refractivity contribution in [3.8, 4) is 0 Å². The number of carbonyl (C=O) groups excluding carboxylic acids is 1. The Hall–Kier alpha value is -1.43.